The monoisotopic (exact) mass is 247 g/mol. The second kappa shape index (κ2) is 5.85. The number of aryl methyl sites for hydroxylation is 3. The molecule has 0 radical (unpaired) electrons. The first-order valence-corrected chi connectivity index (χ1v) is 7.01. The van der Waals surface area contributed by atoms with Crippen molar-refractivity contribution in [2.24, 2.45) is 0 Å². The third-order valence-electron chi connectivity index (χ3n) is 4.03. The van der Waals surface area contributed by atoms with E-state index in [1.54, 1.807) is 0 Å². The van der Waals surface area contributed by atoms with Gasteiger partial charge in [0.15, 0.2) is 0 Å². The van der Waals surface area contributed by atoms with E-state index in [1.807, 2.05) is 0 Å². The van der Waals surface area contributed by atoms with Crippen molar-refractivity contribution in [3.63, 3.8) is 0 Å². The molecule has 1 saturated carbocycles. The fraction of sp³-hybridized carbons (Fsp3) is 0.625. The highest BCUT2D eigenvalue weighted by molar-refractivity contribution is 5.36. The van der Waals surface area contributed by atoms with E-state index >= 15 is 0 Å². The lowest BCUT2D eigenvalue weighted by atomic mass is 9.89. The van der Waals surface area contributed by atoms with Crippen molar-refractivity contribution in [2.45, 2.75) is 59.2 Å². The smallest absolute Gasteiger partial charge is 0.0604 e. The molecular formula is C16H25NO. The molecule has 0 aromatic heterocycles. The predicted octanol–water partition coefficient (Wildman–Crippen LogP) is 3.27. The molecule has 1 N–H and O–H groups in total. The summed E-state index contributed by atoms with van der Waals surface area (Å²) >= 11 is 0. The molecule has 2 rings (SSSR count). The number of benzene rings is 1. The van der Waals surface area contributed by atoms with E-state index in [9.17, 15) is 0 Å². The van der Waals surface area contributed by atoms with E-state index in [-0.39, 0.29) is 0 Å². The van der Waals surface area contributed by atoms with Crippen LogP contribution >= 0.6 is 0 Å². The standard InChI is InChI=1S/C16H25NO/c1-5-18-16-8-15(9-16)17-10-14-7-12(3)11(2)6-13(14)4/h6-7,15-17H,5,8-10H2,1-4H3. The van der Waals surface area contributed by atoms with Crippen LogP contribution in [0.3, 0.4) is 0 Å². The van der Waals surface area contributed by atoms with Crippen molar-refractivity contribution in [1.29, 1.82) is 0 Å². The summed E-state index contributed by atoms with van der Waals surface area (Å²) in [5.74, 6) is 0. The second-order valence-electron chi connectivity index (χ2n) is 5.49. The van der Waals surface area contributed by atoms with E-state index < -0.39 is 0 Å². The molecule has 0 atom stereocenters. The van der Waals surface area contributed by atoms with Crippen LogP contribution in [0.15, 0.2) is 12.1 Å². The Morgan fingerprint density at radius 1 is 1.11 bits per heavy atom. The minimum atomic E-state index is 0.494. The predicted molar refractivity (Wildman–Crippen MR) is 75.9 cm³/mol. The van der Waals surface area contributed by atoms with Crippen LogP contribution in [0.25, 0.3) is 0 Å². The van der Waals surface area contributed by atoms with E-state index in [0.29, 0.717) is 12.1 Å². The lowest BCUT2D eigenvalue weighted by molar-refractivity contribution is -0.0102. The van der Waals surface area contributed by atoms with Crippen molar-refractivity contribution in [2.75, 3.05) is 6.61 Å². The largest absolute Gasteiger partial charge is 0.378 e. The highest BCUT2D eigenvalue weighted by Gasteiger charge is 2.28. The van der Waals surface area contributed by atoms with Gasteiger partial charge in [-0.25, -0.2) is 0 Å². The Bertz CT molecular complexity index is 408. The number of hydrogen-bond acceptors (Lipinski definition) is 2. The van der Waals surface area contributed by atoms with Crippen LogP contribution in [0.4, 0.5) is 0 Å². The number of hydrogen-bond donors (Lipinski definition) is 1. The van der Waals surface area contributed by atoms with Gasteiger partial charge in [-0.1, -0.05) is 12.1 Å². The molecule has 1 fully saturated rings. The van der Waals surface area contributed by atoms with Gasteiger partial charge in [-0.05, 0) is 62.8 Å². The lowest BCUT2D eigenvalue weighted by Crippen LogP contribution is -2.45. The minimum absolute atomic E-state index is 0.494. The Hall–Kier alpha value is -0.860. The number of nitrogens with one attached hydrogen (secondary N) is 1. The highest BCUT2D eigenvalue weighted by Crippen LogP contribution is 2.24. The van der Waals surface area contributed by atoms with Crippen molar-refractivity contribution in [3.8, 4) is 0 Å². The fourth-order valence-corrected chi connectivity index (χ4v) is 2.57. The van der Waals surface area contributed by atoms with Crippen LogP contribution in [-0.2, 0) is 11.3 Å². The summed E-state index contributed by atoms with van der Waals surface area (Å²) in [7, 11) is 0. The van der Waals surface area contributed by atoms with Gasteiger partial charge in [0.1, 0.15) is 0 Å². The molecule has 1 aliphatic rings. The SMILES string of the molecule is CCOC1CC(NCc2cc(C)c(C)cc2C)C1. The normalized spacial score (nSPS) is 22.9. The van der Waals surface area contributed by atoms with Crippen molar-refractivity contribution < 1.29 is 4.74 Å². The fourth-order valence-electron chi connectivity index (χ4n) is 2.57. The summed E-state index contributed by atoms with van der Waals surface area (Å²) in [5.41, 5.74) is 5.60. The van der Waals surface area contributed by atoms with Crippen molar-refractivity contribution in [3.05, 3.63) is 34.4 Å². The Morgan fingerprint density at radius 2 is 1.78 bits per heavy atom. The van der Waals surface area contributed by atoms with E-state index in [1.165, 1.54) is 22.3 Å². The third kappa shape index (κ3) is 3.12. The molecule has 1 aliphatic carbocycles. The van der Waals surface area contributed by atoms with Gasteiger partial charge >= 0.3 is 0 Å². The average Bonchev–Trinajstić information content (AvgIpc) is 2.27. The first kappa shape index (κ1) is 13.6. The maximum atomic E-state index is 5.58. The van der Waals surface area contributed by atoms with Gasteiger partial charge < -0.3 is 10.1 Å². The van der Waals surface area contributed by atoms with Crippen LogP contribution in [0.2, 0.25) is 0 Å². The summed E-state index contributed by atoms with van der Waals surface area (Å²) in [4.78, 5) is 0. The molecule has 18 heavy (non-hydrogen) atoms. The molecule has 1 aromatic rings. The van der Waals surface area contributed by atoms with Crippen LogP contribution in [0, 0.1) is 20.8 Å². The molecule has 0 amide bonds. The first-order chi connectivity index (χ1) is 8.60. The van der Waals surface area contributed by atoms with Crippen LogP contribution in [0.5, 0.6) is 0 Å². The lowest BCUT2D eigenvalue weighted by Gasteiger charge is -2.35. The maximum Gasteiger partial charge on any atom is 0.0604 e. The summed E-state index contributed by atoms with van der Waals surface area (Å²) in [5, 5.41) is 3.63. The molecular weight excluding hydrogens is 222 g/mol. The van der Waals surface area contributed by atoms with Gasteiger partial charge in [0.05, 0.1) is 6.10 Å². The van der Waals surface area contributed by atoms with Crippen LogP contribution in [-0.4, -0.2) is 18.8 Å². The van der Waals surface area contributed by atoms with Gasteiger partial charge in [-0.3, -0.25) is 0 Å². The Labute approximate surface area is 111 Å². The molecule has 100 valence electrons. The van der Waals surface area contributed by atoms with E-state index in [2.05, 4.69) is 45.1 Å². The molecule has 2 heteroatoms. The average molecular weight is 247 g/mol. The highest BCUT2D eigenvalue weighted by atomic mass is 16.5. The second-order valence-corrected chi connectivity index (χ2v) is 5.49. The van der Waals surface area contributed by atoms with Gasteiger partial charge in [-0.15, -0.1) is 0 Å². The minimum Gasteiger partial charge on any atom is -0.378 e. The molecule has 0 saturated heterocycles. The summed E-state index contributed by atoms with van der Waals surface area (Å²) in [6.45, 7) is 10.5. The zero-order valence-electron chi connectivity index (χ0n) is 12.0. The first-order valence-electron chi connectivity index (χ1n) is 7.01. The van der Waals surface area contributed by atoms with Crippen LogP contribution < -0.4 is 5.32 Å². The Morgan fingerprint density at radius 3 is 2.44 bits per heavy atom. The molecule has 0 aliphatic heterocycles. The Balaban J connectivity index is 1.83. The van der Waals surface area contributed by atoms with Gasteiger partial charge in [0.25, 0.3) is 0 Å². The zero-order chi connectivity index (χ0) is 13.1. The van der Waals surface area contributed by atoms with E-state index in [0.717, 1.165) is 26.0 Å². The summed E-state index contributed by atoms with van der Waals surface area (Å²) < 4.78 is 5.58. The van der Waals surface area contributed by atoms with Crippen molar-refractivity contribution in [1.82, 2.24) is 5.32 Å². The molecule has 0 spiro atoms. The topological polar surface area (TPSA) is 21.3 Å². The van der Waals surface area contributed by atoms with Crippen LogP contribution in [0.1, 0.15) is 42.0 Å². The van der Waals surface area contributed by atoms with Gasteiger partial charge in [0, 0.05) is 19.2 Å². The summed E-state index contributed by atoms with van der Waals surface area (Å²) in [6, 6.07) is 5.24. The van der Waals surface area contributed by atoms with Gasteiger partial charge in [0.2, 0.25) is 0 Å². The molecule has 0 unspecified atom stereocenters. The molecule has 2 nitrogen and oxygen atoms in total. The third-order valence-corrected chi connectivity index (χ3v) is 4.03. The molecule has 1 aromatic carbocycles. The zero-order valence-corrected chi connectivity index (χ0v) is 12.0. The summed E-state index contributed by atoms with van der Waals surface area (Å²) in [6.07, 6.45) is 2.82. The molecule has 0 heterocycles. The van der Waals surface area contributed by atoms with Crippen molar-refractivity contribution >= 4 is 0 Å². The quantitative estimate of drug-likeness (QED) is 0.862. The number of rotatable bonds is 5. The Kier molecular flexibility index (Phi) is 4.41. The maximum absolute atomic E-state index is 5.58. The van der Waals surface area contributed by atoms with Gasteiger partial charge in [-0.2, -0.15) is 0 Å². The number of ether oxygens (including phenoxy) is 1. The van der Waals surface area contributed by atoms with E-state index in [4.69, 9.17) is 4.74 Å². The molecule has 0 bridgehead atoms.